The molecule has 2 atom stereocenters. The van der Waals surface area contributed by atoms with Crippen LogP contribution in [0.15, 0.2) is 18.2 Å². The summed E-state index contributed by atoms with van der Waals surface area (Å²) >= 11 is 0. The average molecular weight is 402 g/mol. The van der Waals surface area contributed by atoms with Gasteiger partial charge in [0.2, 0.25) is 5.91 Å². The lowest BCUT2D eigenvalue weighted by molar-refractivity contribution is -0.384. The number of nitro benzene ring substituents is 1. The molecule has 9 heteroatoms. The van der Waals surface area contributed by atoms with Crippen molar-refractivity contribution >= 4 is 29.2 Å². The Balaban J connectivity index is 1.75. The molecule has 2 aliphatic rings. The molecule has 0 aromatic heterocycles. The molecule has 1 aliphatic carbocycles. The fourth-order valence-corrected chi connectivity index (χ4v) is 4.84. The summed E-state index contributed by atoms with van der Waals surface area (Å²) in [6.45, 7) is 7.47. The summed E-state index contributed by atoms with van der Waals surface area (Å²) in [5.74, 6) is -0.699. The third kappa shape index (κ3) is 4.08. The summed E-state index contributed by atoms with van der Waals surface area (Å²) in [6.07, 6.45) is 2.03. The SMILES string of the molecule is Cc1ccc([N+](=O)[O-])cc1NC(=O)CN1C(=O)N[C@]2(C[C@H](C)CC(C)(C)C2)C1=O. The topological polar surface area (TPSA) is 122 Å². The molecule has 1 saturated carbocycles. The van der Waals surface area contributed by atoms with E-state index < -0.39 is 28.9 Å². The minimum Gasteiger partial charge on any atom is -0.324 e. The number of hydrogen-bond donors (Lipinski definition) is 2. The first-order valence-electron chi connectivity index (χ1n) is 9.61. The van der Waals surface area contributed by atoms with Gasteiger partial charge in [-0.2, -0.15) is 0 Å². The predicted molar refractivity (Wildman–Crippen MR) is 106 cm³/mol. The van der Waals surface area contributed by atoms with E-state index in [1.54, 1.807) is 6.92 Å². The van der Waals surface area contributed by atoms with Crippen molar-refractivity contribution in [3.8, 4) is 0 Å². The van der Waals surface area contributed by atoms with E-state index in [1.165, 1.54) is 18.2 Å². The lowest BCUT2D eigenvalue weighted by Gasteiger charge is -2.43. The molecule has 2 N–H and O–H groups in total. The second-order valence-electron chi connectivity index (χ2n) is 9.06. The van der Waals surface area contributed by atoms with E-state index in [9.17, 15) is 24.5 Å². The lowest BCUT2D eigenvalue weighted by Crippen LogP contribution is -2.54. The van der Waals surface area contributed by atoms with Crippen LogP contribution < -0.4 is 10.6 Å². The second-order valence-corrected chi connectivity index (χ2v) is 9.06. The van der Waals surface area contributed by atoms with E-state index in [2.05, 4.69) is 31.4 Å². The molecule has 1 saturated heterocycles. The van der Waals surface area contributed by atoms with Gasteiger partial charge in [-0.05, 0) is 43.1 Å². The summed E-state index contributed by atoms with van der Waals surface area (Å²) in [4.78, 5) is 49.4. The maximum Gasteiger partial charge on any atom is 0.325 e. The van der Waals surface area contributed by atoms with Gasteiger partial charge < -0.3 is 10.6 Å². The summed E-state index contributed by atoms with van der Waals surface area (Å²) in [5, 5.41) is 16.4. The number of non-ortho nitro benzene ring substituents is 1. The Kier molecular flexibility index (Phi) is 5.10. The number of carbonyl (C=O) groups excluding carboxylic acids is 3. The van der Waals surface area contributed by atoms with Crippen LogP contribution in [0.25, 0.3) is 0 Å². The van der Waals surface area contributed by atoms with Crippen molar-refractivity contribution in [2.75, 3.05) is 11.9 Å². The molecule has 4 amide bonds. The Labute approximate surface area is 169 Å². The lowest BCUT2D eigenvalue weighted by atomic mass is 9.64. The molecule has 9 nitrogen and oxygen atoms in total. The largest absolute Gasteiger partial charge is 0.325 e. The predicted octanol–water partition coefficient (Wildman–Crippen LogP) is 2.98. The molecule has 2 fully saturated rings. The number of hydrogen-bond acceptors (Lipinski definition) is 5. The van der Waals surface area contributed by atoms with Crippen molar-refractivity contribution in [2.45, 2.75) is 52.5 Å². The van der Waals surface area contributed by atoms with Gasteiger partial charge in [0.15, 0.2) is 0 Å². The summed E-state index contributed by atoms with van der Waals surface area (Å²) in [7, 11) is 0. The number of carbonyl (C=O) groups is 3. The third-order valence-electron chi connectivity index (χ3n) is 5.63. The van der Waals surface area contributed by atoms with Crippen molar-refractivity contribution in [3.63, 3.8) is 0 Å². The molecule has 1 aliphatic heterocycles. The first-order valence-corrected chi connectivity index (χ1v) is 9.61. The van der Waals surface area contributed by atoms with E-state index in [0.29, 0.717) is 18.4 Å². The number of anilines is 1. The Morgan fingerprint density at radius 3 is 2.66 bits per heavy atom. The normalized spacial score (nSPS) is 25.8. The molecule has 3 rings (SSSR count). The Hall–Kier alpha value is -2.97. The minimum absolute atomic E-state index is 0.0983. The van der Waals surface area contributed by atoms with Gasteiger partial charge in [-0.25, -0.2) is 4.79 Å². The Morgan fingerprint density at radius 1 is 1.34 bits per heavy atom. The van der Waals surface area contributed by atoms with Crippen LogP contribution in [-0.2, 0) is 9.59 Å². The number of urea groups is 1. The first-order chi connectivity index (χ1) is 13.4. The molecule has 0 unspecified atom stereocenters. The van der Waals surface area contributed by atoms with E-state index in [-0.39, 0.29) is 28.6 Å². The van der Waals surface area contributed by atoms with E-state index >= 15 is 0 Å². The van der Waals surface area contributed by atoms with Gasteiger partial charge in [-0.1, -0.05) is 26.8 Å². The number of nitro groups is 1. The first kappa shape index (κ1) is 20.8. The van der Waals surface area contributed by atoms with Crippen LogP contribution in [0.2, 0.25) is 0 Å². The molecule has 29 heavy (non-hydrogen) atoms. The van der Waals surface area contributed by atoms with Crippen molar-refractivity contribution < 1.29 is 19.3 Å². The number of aryl methyl sites for hydroxylation is 1. The van der Waals surface area contributed by atoms with Crippen LogP contribution in [0.3, 0.4) is 0 Å². The highest BCUT2D eigenvalue weighted by molar-refractivity contribution is 6.10. The molecule has 1 spiro atoms. The summed E-state index contributed by atoms with van der Waals surface area (Å²) < 4.78 is 0. The molecule has 156 valence electrons. The minimum atomic E-state index is -0.972. The molecular weight excluding hydrogens is 376 g/mol. The standard InChI is InChI=1S/C20H26N4O5/c1-12-8-19(3,4)11-20(9-12)17(26)23(18(27)22-20)10-16(25)21-15-7-14(24(28)29)6-5-13(15)2/h5-7,12H,8-11H2,1-4H3,(H,21,25)(H,22,27)/t12-,20+/m1/s1. The maximum atomic E-state index is 13.1. The molecule has 0 radical (unpaired) electrons. The molecular formula is C20H26N4O5. The number of rotatable bonds is 4. The van der Waals surface area contributed by atoms with Gasteiger partial charge in [0.05, 0.1) is 10.6 Å². The van der Waals surface area contributed by atoms with Crippen molar-refractivity contribution in [2.24, 2.45) is 11.3 Å². The third-order valence-corrected chi connectivity index (χ3v) is 5.63. The van der Waals surface area contributed by atoms with Gasteiger partial charge in [0.1, 0.15) is 12.1 Å². The van der Waals surface area contributed by atoms with Crippen LogP contribution >= 0.6 is 0 Å². The highest BCUT2D eigenvalue weighted by Gasteiger charge is 2.56. The molecule has 0 bridgehead atoms. The van der Waals surface area contributed by atoms with Gasteiger partial charge in [0.25, 0.3) is 11.6 Å². The van der Waals surface area contributed by atoms with Crippen LogP contribution in [0, 0.1) is 28.4 Å². The highest BCUT2D eigenvalue weighted by Crippen LogP contribution is 2.46. The van der Waals surface area contributed by atoms with Crippen LogP contribution in [0.5, 0.6) is 0 Å². The fourth-order valence-electron chi connectivity index (χ4n) is 4.84. The van der Waals surface area contributed by atoms with Gasteiger partial charge in [0, 0.05) is 12.1 Å². The zero-order valence-electron chi connectivity index (χ0n) is 17.1. The molecule has 1 heterocycles. The smallest absolute Gasteiger partial charge is 0.324 e. The Bertz CT molecular complexity index is 897. The van der Waals surface area contributed by atoms with E-state index in [4.69, 9.17) is 0 Å². The van der Waals surface area contributed by atoms with Crippen LogP contribution in [0.1, 0.15) is 45.6 Å². The number of benzene rings is 1. The monoisotopic (exact) mass is 402 g/mol. The number of nitrogens with zero attached hydrogens (tertiary/aromatic N) is 2. The van der Waals surface area contributed by atoms with Crippen LogP contribution in [-0.4, -0.2) is 39.8 Å². The van der Waals surface area contributed by atoms with Crippen molar-refractivity contribution in [1.82, 2.24) is 10.2 Å². The van der Waals surface area contributed by atoms with Gasteiger partial charge in [-0.3, -0.25) is 24.6 Å². The highest BCUT2D eigenvalue weighted by atomic mass is 16.6. The zero-order chi connectivity index (χ0) is 21.6. The van der Waals surface area contributed by atoms with E-state index in [1.807, 2.05) is 0 Å². The van der Waals surface area contributed by atoms with E-state index in [0.717, 1.165) is 11.3 Å². The number of imide groups is 1. The summed E-state index contributed by atoms with van der Waals surface area (Å²) in [5.41, 5.74) is -0.309. The van der Waals surface area contributed by atoms with Gasteiger partial charge >= 0.3 is 6.03 Å². The molecule has 1 aromatic rings. The molecule has 1 aromatic carbocycles. The fraction of sp³-hybridized carbons (Fsp3) is 0.550. The number of nitrogens with one attached hydrogen (secondary N) is 2. The zero-order valence-corrected chi connectivity index (χ0v) is 17.1. The van der Waals surface area contributed by atoms with Crippen LogP contribution in [0.4, 0.5) is 16.2 Å². The Morgan fingerprint density at radius 2 is 2.03 bits per heavy atom. The average Bonchev–Trinajstić information content (AvgIpc) is 2.78. The quantitative estimate of drug-likeness (QED) is 0.455. The van der Waals surface area contributed by atoms with Crippen molar-refractivity contribution in [1.29, 1.82) is 0 Å². The number of amides is 4. The second kappa shape index (κ2) is 7.13. The summed E-state index contributed by atoms with van der Waals surface area (Å²) in [6, 6.07) is 3.55. The maximum absolute atomic E-state index is 13.1. The van der Waals surface area contributed by atoms with Gasteiger partial charge in [-0.15, -0.1) is 0 Å². The van der Waals surface area contributed by atoms with Crippen molar-refractivity contribution in [3.05, 3.63) is 33.9 Å².